The number of hydrogen-bond acceptors (Lipinski definition) is 3. The van der Waals surface area contributed by atoms with Crippen molar-refractivity contribution in [2.24, 2.45) is 10.8 Å². The quantitative estimate of drug-likeness (QED) is 0.912. The first-order valence-corrected chi connectivity index (χ1v) is 7.83. The first kappa shape index (κ1) is 15.9. The lowest BCUT2D eigenvalue weighted by Crippen LogP contribution is -2.07. The fourth-order valence-corrected chi connectivity index (χ4v) is 2.22. The Kier molecular flexibility index (Phi) is 4.35. The molecule has 21 heavy (non-hydrogen) atoms. The summed E-state index contributed by atoms with van der Waals surface area (Å²) in [5.41, 5.74) is 3.54. The van der Waals surface area contributed by atoms with Gasteiger partial charge in [0.05, 0.1) is 5.69 Å². The third-order valence-electron chi connectivity index (χ3n) is 3.64. The van der Waals surface area contributed by atoms with E-state index in [0.717, 1.165) is 48.4 Å². The van der Waals surface area contributed by atoms with Crippen molar-refractivity contribution in [1.82, 2.24) is 19.9 Å². The molecule has 0 saturated carbocycles. The summed E-state index contributed by atoms with van der Waals surface area (Å²) in [7, 11) is 0. The van der Waals surface area contributed by atoms with Crippen LogP contribution < -0.4 is 0 Å². The SMILES string of the molecule is CC(C)(C)CCc1nc2ncnc(CCC(C)(C)C)c2[nH]1. The van der Waals surface area contributed by atoms with E-state index in [1.54, 1.807) is 6.33 Å². The second-order valence-electron chi connectivity index (χ2n) is 8.32. The van der Waals surface area contributed by atoms with E-state index >= 15 is 0 Å². The first-order chi connectivity index (χ1) is 9.64. The van der Waals surface area contributed by atoms with Gasteiger partial charge < -0.3 is 4.98 Å². The van der Waals surface area contributed by atoms with Crippen molar-refractivity contribution in [3.8, 4) is 0 Å². The molecule has 0 aliphatic carbocycles. The van der Waals surface area contributed by atoms with Crippen molar-refractivity contribution in [2.45, 2.75) is 67.2 Å². The van der Waals surface area contributed by atoms with Gasteiger partial charge in [0.2, 0.25) is 0 Å². The van der Waals surface area contributed by atoms with E-state index in [2.05, 4.69) is 61.5 Å². The van der Waals surface area contributed by atoms with Crippen molar-refractivity contribution in [3.05, 3.63) is 17.8 Å². The monoisotopic (exact) mass is 288 g/mol. The van der Waals surface area contributed by atoms with Crippen LogP contribution in [0.15, 0.2) is 6.33 Å². The third kappa shape index (κ3) is 4.80. The predicted octanol–water partition coefficient (Wildman–Crippen LogP) is 4.31. The number of imidazole rings is 1. The average Bonchev–Trinajstić information content (AvgIpc) is 2.75. The molecule has 2 rings (SSSR count). The van der Waals surface area contributed by atoms with Gasteiger partial charge in [-0.15, -0.1) is 0 Å². The predicted molar refractivity (Wildman–Crippen MR) is 87.2 cm³/mol. The van der Waals surface area contributed by atoms with Crippen LogP contribution in [0.5, 0.6) is 0 Å². The van der Waals surface area contributed by atoms with E-state index in [1.165, 1.54) is 0 Å². The molecule has 1 N–H and O–H groups in total. The van der Waals surface area contributed by atoms with Crippen molar-refractivity contribution >= 4 is 11.2 Å². The highest BCUT2D eigenvalue weighted by Gasteiger charge is 2.16. The standard InChI is InChI=1S/C17H28N4/c1-16(2,3)9-7-12-14-15(19-11-18-12)21-13(20-14)8-10-17(4,5)6/h11H,7-10H2,1-6H3,(H,18,19,20,21). The summed E-state index contributed by atoms with van der Waals surface area (Å²) in [6.45, 7) is 13.5. The highest BCUT2D eigenvalue weighted by atomic mass is 15.0. The van der Waals surface area contributed by atoms with Crippen LogP contribution in [0.4, 0.5) is 0 Å². The van der Waals surface area contributed by atoms with Gasteiger partial charge in [0, 0.05) is 6.42 Å². The summed E-state index contributed by atoms with van der Waals surface area (Å²) in [4.78, 5) is 16.8. The Hall–Kier alpha value is -1.45. The molecule has 4 heteroatoms. The molecule has 2 aromatic rings. The minimum atomic E-state index is 0.312. The molecule has 0 bridgehead atoms. The zero-order chi connectivity index (χ0) is 15.7. The number of aryl methyl sites for hydroxylation is 2. The second-order valence-corrected chi connectivity index (χ2v) is 8.32. The van der Waals surface area contributed by atoms with Crippen LogP contribution >= 0.6 is 0 Å². The van der Waals surface area contributed by atoms with Crippen molar-refractivity contribution in [2.75, 3.05) is 0 Å². The zero-order valence-corrected chi connectivity index (χ0v) is 14.2. The van der Waals surface area contributed by atoms with Gasteiger partial charge in [-0.1, -0.05) is 41.5 Å². The van der Waals surface area contributed by atoms with E-state index in [9.17, 15) is 0 Å². The van der Waals surface area contributed by atoms with E-state index in [4.69, 9.17) is 0 Å². The average molecular weight is 288 g/mol. The Balaban J connectivity index is 2.18. The van der Waals surface area contributed by atoms with Crippen LogP contribution in [0.2, 0.25) is 0 Å². The van der Waals surface area contributed by atoms with Gasteiger partial charge in [-0.05, 0) is 30.1 Å². The number of aromatic nitrogens is 4. The van der Waals surface area contributed by atoms with Gasteiger partial charge in [0.1, 0.15) is 17.7 Å². The van der Waals surface area contributed by atoms with Crippen LogP contribution in [0.1, 0.15) is 65.9 Å². The molecule has 116 valence electrons. The molecule has 0 radical (unpaired) electrons. The van der Waals surface area contributed by atoms with Crippen LogP contribution in [0, 0.1) is 10.8 Å². The summed E-state index contributed by atoms with van der Waals surface area (Å²) in [5.74, 6) is 1.03. The zero-order valence-electron chi connectivity index (χ0n) is 14.2. The Labute approximate surface area is 127 Å². The highest BCUT2D eigenvalue weighted by molar-refractivity contribution is 5.72. The summed E-state index contributed by atoms with van der Waals surface area (Å²) >= 11 is 0. The fourth-order valence-electron chi connectivity index (χ4n) is 2.22. The molecular weight excluding hydrogens is 260 g/mol. The van der Waals surface area contributed by atoms with Crippen molar-refractivity contribution in [3.63, 3.8) is 0 Å². The molecule has 0 aliphatic heterocycles. The lowest BCUT2D eigenvalue weighted by Gasteiger charge is -2.17. The van der Waals surface area contributed by atoms with Crippen LogP contribution in [0.25, 0.3) is 11.2 Å². The molecule has 0 spiro atoms. The normalized spacial score (nSPS) is 13.0. The maximum atomic E-state index is 4.61. The van der Waals surface area contributed by atoms with E-state index in [-0.39, 0.29) is 0 Å². The minimum absolute atomic E-state index is 0.312. The molecule has 0 amide bonds. The van der Waals surface area contributed by atoms with E-state index < -0.39 is 0 Å². The summed E-state index contributed by atoms with van der Waals surface area (Å²) in [6, 6.07) is 0. The Morgan fingerprint density at radius 2 is 1.52 bits per heavy atom. The fraction of sp³-hybridized carbons (Fsp3) is 0.706. The van der Waals surface area contributed by atoms with Gasteiger partial charge in [0.15, 0.2) is 5.65 Å². The number of nitrogens with zero attached hydrogens (tertiary/aromatic N) is 3. The molecule has 2 heterocycles. The Bertz CT molecular complexity index is 599. The summed E-state index contributed by atoms with van der Waals surface area (Å²) < 4.78 is 0. The van der Waals surface area contributed by atoms with Gasteiger partial charge in [-0.3, -0.25) is 0 Å². The molecule has 0 aliphatic rings. The van der Waals surface area contributed by atoms with Gasteiger partial charge in [-0.25, -0.2) is 15.0 Å². The number of H-pyrrole nitrogens is 1. The van der Waals surface area contributed by atoms with Crippen molar-refractivity contribution < 1.29 is 0 Å². The molecule has 4 nitrogen and oxygen atoms in total. The molecule has 0 aromatic carbocycles. The van der Waals surface area contributed by atoms with Crippen molar-refractivity contribution in [1.29, 1.82) is 0 Å². The number of fused-ring (bicyclic) bond motifs is 1. The van der Waals surface area contributed by atoms with E-state index in [1.807, 2.05) is 0 Å². The molecule has 0 unspecified atom stereocenters. The van der Waals surface area contributed by atoms with Crippen LogP contribution in [-0.2, 0) is 12.8 Å². The number of hydrogen-bond donors (Lipinski definition) is 1. The Morgan fingerprint density at radius 1 is 0.905 bits per heavy atom. The van der Waals surface area contributed by atoms with Crippen LogP contribution in [-0.4, -0.2) is 19.9 Å². The smallest absolute Gasteiger partial charge is 0.181 e. The lowest BCUT2D eigenvalue weighted by molar-refractivity contribution is 0.374. The summed E-state index contributed by atoms with van der Waals surface area (Å²) in [6.07, 6.45) is 5.77. The molecule has 0 saturated heterocycles. The molecular formula is C17H28N4. The maximum Gasteiger partial charge on any atom is 0.181 e. The molecule has 0 atom stereocenters. The maximum absolute atomic E-state index is 4.61. The van der Waals surface area contributed by atoms with Crippen LogP contribution in [0.3, 0.4) is 0 Å². The van der Waals surface area contributed by atoms with Gasteiger partial charge >= 0.3 is 0 Å². The second kappa shape index (κ2) is 5.74. The largest absolute Gasteiger partial charge is 0.339 e. The minimum Gasteiger partial charge on any atom is -0.339 e. The van der Waals surface area contributed by atoms with E-state index in [0.29, 0.717) is 10.8 Å². The number of rotatable bonds is 4. The molecule has 0 fully saturated rings. The topological polar surface area (TPSA) is 54.5 Å². The third-order valence-corrected chi connectivity index (χ3v) is 3.64. The Morgan fingerprint density at radius 3 is 2.14 bits per heavy atom. The number of aromatic amines is 1. The van der Waals surface area contributed by atoms with Gasteiger partial charge in [0.25, 0.3) is 0 Å². The van der Waals surface area contributed by atoms with Gasteiger partial charge in [-0.2, -0.15) is 0 Å². The molecule has 2 aromatic heterocycles. The first-order valence-electron chi connectivity index (χ1n) is 7.83. The lowest BCUT2D eigenvalue weighted by atomic mass is 9.90. The highest BCUT2D eigenvalue weighted by Crippen LogP contribution is 2.24. The summed E-state index contributed by atoms with van der Waals surface area (Å²) in [5, 5.41) is 0. The number of nitrogens with one attached hydrogen (secondary N) is 1.